The van der Waals surface area contributed by atoms with Gasteiger partial charge in [-0.25, -0.2) is 0 Å². The van der Waals surface area contributed by atoms with Crippen molar-refractivity contribution in [2.24, 2.45) is 0 Å². The van der Waals surface area contributed by atoms with E-state index in [1.54, 1.807) is 22.8 Å². The van der Waals surface area contributed by atoms with E-state index >= 15 is 0 Å². The van der Waals surface area contributed by atoms with Gasteiger partial charge in [0.15, 0.2) is 0 Å². The summed E-state index contributed by atoms with van der Waals surface area (Å²) in [6, 6.07) is 15.0. The van der Waals surface area contributed by atoms with Crippen LogP contribution in [-0.2, 0) is 0 Å². The Hall–Kier alpha value is -5.86. The van der Waals surface area contributed by atoms with Crippen LogP contribution in [0.3, 0.4) is 0 Å². The summed E-state index contributed by atoms with van der Waals surface area (Å²) in [5.41, 5.74) is 0.972. The minimum Gasteiger partial charge on any atom is -0.309 e. The summed E-state index contributed by atoms with van der Waals surface area (Å²) in [6.45, 7) is 0. The molecule has 0 aliphatic rings. The summed E-state index contributed by atoms with van der Waals surface area (Å²) in [7, 11) is 0. The monoisotopic (exact) mass is 575 g/mol. The van der Waals surface area contributed by atoms with Gasteiger partial charge >= 0.3 is 0 Å². The zero-order chi connectivity index (χ0) is 42.1. The zero-order valence-corrected chi connectivity index (χ0v) is 22.9. The molecule has 2 heteroatoms. The summed E-state index contributed by atoms with van der Waals surface area (Å²) in [4.78, 5) is 0. The molecule has 0 saturated heterocycles. The topological polar surface area (TPSA) is 9.86 Å². The molecule has 206 valence electrons. The maximum Gasteiger partial charge on any atom is 0.0652 e. The highest BCUT2D eigenvalue weighted by molar-refractivity contribution is 6.12. The SMILES string of the molecule is [2H]c1cc([2H])c(-c2c([2H])c([2H])c([2H])c([2H])c2[2H])c([2H])c1-c1cccc(-n2c3c([2H])c([2H])c([2H])c([2H])c3c3c([2H])c(-n4c5ccccc5c5ccccc54)c([2H])c([2H])c32)c1. The Morgan fingerprint density at radius 3 is 1.82 bits per heavy atom. The standard InChI is InChI=1S/C42H28N2/c1-2-12-29(13-3-1)30-14-10-15-31(26-30)32-16-11-17-33(27-32)43-41-23-9-6-20-37(41)38-28-34(24-25-42(38)43)44-39-21-7-4-18-35(39)36-19-5-8-22-40(36)44/h1-28H/i1D,2D,3D,6D,9D,12D,13D,14D,15D,20D,23D,24D,25D,26D,28D. The van der Waals surface area contributed by atoms with Gasteiger partial charge in [-0.15, -0.1) is 0 Å². The molecule has 0 aliphatic carbocycles. The highest BCUT2D eigenvalue weighted by Gasteiger charge is 2.16. The van der Waals surface area contributed by atoms with Crippen LogP contribution in [0.2, 0.25) is 0 Å². The third-order valence-electron chi connectivity index (χ3n) is 7.77. The first kappa shape index (κ1) is 14.1. The second-order valence-electron chi connectivity index (χ2n) is 10.2. The van der Waals surface area contributed by atoms with Crippen LogP contribution >= 0.6 is 0 Å². The molecule has 0 atom stereocenters. The molecular formula is C42H28N2. The van der Waals surface area contributed by atoms with Crippen LogP contribution in [0.5, 0.6) is 0 Å². The lowest BCUT2D eigenvalue weighted by molar-refractivity contribution is 1.17. The highest BCUT2D eigenvalue weighted by Crippen LogP contribution is 2.37. The molecule has 0 amide bonds. The fraction of sp³-hybridized carbons (Fsp3) is 0. The van der Waals surface area contributed by atoms with Gasteiger partial charge in [-0.3, -0.25) is 0 Å². The van der Waals surface area contributed by atoms with Gasteiger partial charge in [0.1, 0.15) is 0 Å². The zero-order valence-electron chi connectivity index (χ0n) is 37.9. The van der Waals surface area contributed by atoms with Crippen molar-refractivity contribution in [3.05, 3.63) is 169 Å². The van der Waals surface area contributed by atoms with E-state index in [4.69, 9.17) is 15.1 Å². The fourth-order valence-corrected chi connectivity index (χ4v) is 5.88. The average molecular weight is 576 g/mol. The predicted octanol–water partition coefficient (Wildman–Crippen LogP) is 11.2. The third kappa shape index (κ3) is 3.82. The molecule has 0 spiro atoms. The molecule has 7 aromatic carbocycles. The van der Waals surface area contributed by atoms with Crippen LogP contribution < -0.4 is 0 Å². The number of rotatable bonds is 4. The first-order chi connectivity index (χ1) is 28.1. The van der Waals surface area contributed by atoms with E-state index in [1.807, 2.05) is 48.5 Å². The van der Waals surface area contributed by atoms with Gasteiger partial charge in [-0.1, -0.05) is 115 Å². The first-order valence-corrected chi connectivity index (χ1v) is 13.9. The maximum atomic E-state index is 9.76. The van der Waals surface area contributed by atoms with Crippen LogP contribution in [0.25, 0.3) is 77.2 Å². The number of aromatic nitrogens is 2. The second kappa shape index (κ2) is 9.86. The van der Waals surface area contributed by atoms with Crippen LogP contribution in [0.4, 0.5) is 0 Å². The molecule has 0 fully saturated rings. The van der Waals surface area contributed by atoms with E-state index < -0.39 is 66.5 Å². The van der Waals surface area contributed by atoms with E-state index in [0.717, 1.165) is 16.8 Å². The molecule has 0 radical (unpaired) electrons. The van der Waals surface area contributed by atoms with Crippen LogP contribution in [0.15, 0.2) is 169 Å². The number of benzene rings is 7. The molecule has 2 aromatic heterocycles. The smallest absolute Gasteiger partial charge is 0.0652 e. The summed E-state index contributed by atoms with van der Waals surface area (Å²) < 4.78 is 136. The van der Waals surface area contributed by atoms with Crippen molar-refractivity contribution in [3.8, 4) is 33.6 Å². The molecule has 0 saturated carbocycles. The number of fused-ring (bicyclic) bond motifs is 6. The van der Waals surface area contributed by atoms with Gasteiger partial charge in [-0.2, -0.15) is 0 Å². The highest BCUT2D eigenvalue weighted by atomic mass is 15.0. The minimum atomic E-state index is -0.649. The fourth-order valence-electron chi connectivity index (χ4n) is 5.88. The molecule has 0 N–H and O–H groups in total. The quantitative estimate of drug-likeness (QED) is 0.197. The summed E-state index contributed by atoms with van der Waals surface area (Å²) in [5, 5.41) is 1.68. The van der Waals surface area contributed by atoms with Crippen LogP contribution in [0.1, 0.15) is 20.6 Å². The lowest BCUT2D eigenvalue weighted by Gasteiger charge is -2.12. The van der Waals surface area contributed by atoms with Gasteiger partial charge < -0.3 is 9.13 Å². The molecule has 2 nitrogen and oxygen atoms in total. The molecule has 9 aromatic rings. The van der Waals surface area contributed by atoms with Gasteiger partial charge in [0.05, 0.1) is 42.6 Å². The largest absolute Gasteiger partial charge is 0.309 e. The Morgan fingerprint density at radius 2 is 1.02 bits per heavy atom. The van der Waals surface area contributed by atoms with Crippen molar-refractivity contribution in [1.82, 2.24) is 9.13 Å². The Labute approximate surface area is 276 Å². The summed E-state index contributed by atoms with van der Waals surface area (Å²) in [6.07, 6.45) is 0. The first-order valence-electron chi connectivity index (χ1n) is 21.4. The van der Waals surface area contributed by atoms with E-state index in [9.17, 15) is 5.48 Å². The number of hydrogen-bond donors (Lipinski definition) is 0. The second-order valence-corrected chi connectivity index (χ2v) is 10.2. The molecule has 44 heavy (non-hydrogen) atoms. The molecular weight excluding hydrogens is 532 g/mol. The summed E-state index contributed by atoms with van der Waals surface area (Å²) in [5.74, 6) is 0. The van der Waals surface area contributed by atoms with Crippen molar-refractivity contribution in [3.63, 3.8) is 0 Å². The van der Waals surface area contributed by atoms with E-state index in [0.29, 0.717) is 11.0 Å². The van der Waals surface area contributed by atoms with Crippen molar-refractivity contribution in [2.75, 3.05) is 0 Å². The normalized spacial score (nSPS) is 16.4. The van der Waals surface area contributed by atoms with E-state index in [-0.39, 0.29) is 79.6 Å². The third-order valence-corrected chi connectivity index (χ3v) is 7.77. The van der Waals surface area contributed by atoms with Crippen molar-refractivity contribution in [2.45, 2.75) is 0 Å². The lowest BCUT2D eigenvalue weighted by atomic mass is 9.99. The molecule has 0 unspecified atom stereocenters. The number of hydrogen-bond acceptors (Lipinski definition) is 0. The van der Waals surface area contributed by atoms with Crippen molar-refractivity contribution >= 4 is 43.6 Å². The molecule has 0 aliphatic heterocycles. The van der Waals surface area contributed by atoms with Crippen molar-refractivity contribution < 1.29 is 20.6 Å². The number of para-hydroxylation sites is 3. The minimum absolute atomic E-state index is 0.0136. The van der Waals surface area contributed by atoms with Gasteiger partial charge in [0, 0.05) is 32.9 Å². The molecule has 2 heterocycles. The molecule has 0 bridgehead atoms. The number of nitrogens with zero attached hydrogens (tertiary/aromatic N) is 2. The lowest BCUT2D eigenvalue weighted by Crippen LogP contribution is -1.96. The van der Waals surface area contributed by atoms with Crippen molar-refractivity contribution in [1.29, 1.82) is 0 Å². The molecule has 9 rings (SSSR count). The van der Waals surface area contributed by atoms with Gasteiger partial charge in [0.2, 0.25) is 0 Å². The Bertz CT molecular complexity index is 3270. The Balaban J connectivity index is 1.38. The van der Waals surface area contributed by atoms with Crippen LogP contribution in [0, 0.1) is 0 Å². The Kier molecular flexibility index (Phi) is 3.15. The average Bonchev–Trinajstić information content (AvgIpc) is 3.76. The van der Waals surface area contributed by atoms with E-state index in [2.05, 4.69) is 0 Å². The maximum absolute atomic E-state index is 9.76. The van der Waals surface area contributed by atoms with Gasteiger partial charge in [0.25, 0.3) is 0 Å². The van der Waals surface area contributed by atoms with E-state index in [1.165, 1.54) is 10.6 Å². The Morgan fingerprint density at radius 1 is 0.364 bits per heavy atom. The summed E-state index contributed by atoms with van der Waals surface area (Å²) >= 11 is 0. The predicted molar refractivity (Wildman–Crippen MR) is 186 cm³/mol. The van der Waals surface area contributed by atoms with Crippen LogP contribution in [-0.4, -0.2) is 9.13 Å². The van der Waals surface area contributed by atoms with Gasteiger partial charge in [-0.05, 0) is 76.7 Å².